The minimum atomic E-state index is -0.0592. The summed E-state index contributed by atoms with van der Waals surface area (Å²) < 4.78 is 11.4. The smallest absolute Gasteiger partial charge is 0.273 e. The zero-order chi connectivity index (χ0) is 25.4. The van der Waals surface area contributed by atoms with Crippen LogP contribution in [0.1, 0.15) is 42.4 Å². The number of ether oxygens (including phenoxy) is 2. The summed E-state index contributed by atoms with van der Waals surface area (Å²) in [6.07, 6.45) is 0.865. The monoisotopic (exact) mass is 494 g/mol. The lowest BCUT2D eigenvalue weighted by Gasteiger charge is -2.34. The van der Waals surface area contributed by atoms with E-state index in [9.17, 15) is 9.59 Å². The molecule has 1 atom stereocenters. The maximum Gasteiger partial charge on any atom is 0.273 e. The molecule has 4 heterocycles. The molecule has 1 unspecified atom stereocenters. The molecule has 1 aromatic carbocycles. The van der Waals surface area contributed by atoms with Gasteiger partial charge in [-0.25, -0.2) is 4.98 Å². The van der Waals surface area contributed by atoms with Gasteiger partial charge >= 0.3 is 0 Å². The van der Waals surface area contributed by atoms with Crippen LogP contribution in [-0.4, -0.2) is 84.1 Å². The lowest BCUT2D eigenvalue weighted by atomic mass is 9.96. The van der Waals surface area contributed by atoms with Gasteiger partial charge in [-0.15, -0.1) is 0 Å². The molecular formula is C26H34N6O4. The van der Waals surface area contributed by atoms with Crippen molar-refractivity contribution in [3.05, 3.63) is 35.0 Å². The Hall–Kier alpha value is -3.56. The highest BCUT2D eigenvalue weighted by atomic mass is 16.5. The standard InChI is InChI=1S/C26H34N6O4/c1-16(2)32-14-21-23(25(32)34)28-26(31-9-7-30(8-10-31)17(3)33)29-24(21)27-13-18-11-19-12-20(35-4)5-6-22(19)36-15-18/h5-6,12,16,18H,7-11,13-15H2,1-4H3,(H,27,28,29). The summed E-state index contributed by atoms with van der Waals surface area (Å²) >= 11 is 0. The van der Waals surface area contributed by atoms with Crippen LogP contribution in [0.15, 0.2) is 18.2 Å². The summed E-state index contributed by atoms with van der Waals surface area (Å²) in [6, 6.07) is 5.97. The molecule has 1 fully saturated rings. The number of nitrogens with one attached hydrogen (secondary N) is 1. The Balaban J connectivity index is 1.36. The van der Waals surface area contributed by atoms with Gasteiger partial charge in [0.1, 0.15) is 23.0 Å². The van der Waals surface area contributed by atoms with E-state index in [1.807, 2.05) is 41.8 Å². The molecule has 0 aliphatic carbocycles. The molecule has 2 amide bonds. The largest absolute Gasteiger partial charge is 0.497 e. The first-order chi connectivity index (χ1) is 17.3. The van der Waals surface area contributed by atoms with Crippen molar-refractivity contribution in [3.63, 3.8) is 0 Å². The van der Waals surface area contributed by atoms with Crippen molar-refractivity contribution in [1.29, 1.82) is 0 Å². The van der Waals surface area contributed by atoms with Crippen LogP contribution in [0.3, 0.4) is 0 Å². The van der Waals surface area contributed by atoms with Gasteiger partial charge in [-0.3, -0.25) is 9.59 Å². The van der Waals surface area contributed by atoms with E-state index in [2.05, 4.69) is 10.2 Å². The van der Waals surface area contributed by atoms with Crippen molar-refractivity contribution in [2.24, 2.45) is 5.92 Å². The molecule has 0 bridgehead atoms. The van der Waals surface area contributed by atoms with Gasteiger partial charge in [0.05, 0.1) is 20.3 Å². The third kappa shape index (κ3) is 4.64. The van der Waals surface area contributed by atoms with Gasteiger partial charge in [0.25, 0.3) is 5.91 Å². The summed E-state index contributed by atoms with van der Waals surface area (Å²) in [6.45, 7) is 9.88. The van der Waals surface area contributed by atoms with Crippen molar-refractivity contribution in [2.45, 2.75) is 39.8 Å². The van der Waals surface area contributed by atoms with E-state index in [1.54, 1.807) is 14.0 Å². The molecule has 10 heteroatoms. The Bertz CT molecular complexity index is 1160. The van der Waals surface area contributed by atoms with Gasteiger partial charge in [0.2, 0.25) is 11.9 Å². The molecule has 10 nitrogen and oxygen atoms in total. The summed E-state index contributed by atoms with van der Waals surface area (Å²) in [4.78, 5) is 40.2. The number of fused-ring (bicyclic) bond motifs is 2. The summed E-state index contributed by atoms with van der Waals surface area (Å²) in [5, 5.41) is 3.53. The number of anilines is 2. The van der Waals surface area contributed by atoms with E-state index < -0.39 is 0 Å². The summed E-state index contributed by atoms with van der Waals surface area (Å²) in [7, 11) is 1.67. The van der Waals surface area contributed by atoms with Gasteiger partial charge in [0.15, 0.2) is 0 Å². The van der Waals surface area contributed by atoms with Gasteiger partial charge < -0.3 is 29.5 Å². The van der Waals surface area contributed by atoms with Crippen molar-refractivity contribution in [2.75, 3.05) is 56.7 Å². The number of benzene rings is 1. The fraction of sp³-hybridized carbons (Fsp3) is 0.538. The number of methoxy groups -OCH3 is 1. The summed E-state index contributed by atoms with van der Waals surface area (Å²) in [5.41, 5.74) is 2.45. The van der Waals surface area contributed by atoms with Crippen molar-refractivity contribution in [3.8, 4) is 11.5 Å². The van der Waals surface area contributed by atoms with E-state index in [0.29, 0.717) is 63.3 Å². The van der Waals surface area contributed by atoms with Crippen LogP contribution in [0.2, 0.25) is 0 Å². The number of hydrogen-bond acceptors (Lipinski definition) is 8. The molecule has 36 heavy (non-hydrogen) atoms. The normalized spacial score (nSPS) is 19.2. The molecule has 5 rings (SSSR count). The number of nitrogens with zero attached hydrogens (tertiary/aromatic N) is 5. The Morgan fingerprint density at radius 3 is 2.69 bits per heavy atom. The number of amides is 2. The first kappa shape index (κ1) is 24.1. The third-order valence-electron chi connectivity index (χ3n) is 7.23. The van der Waals surface area contributed by atoms with Crippen LogP contribution in [0, 0.1) is 5.92 Å². The molecular weight excluding hydrogens is 460 g/mol. The number of aromatic nitrogens is 2. The number of carbonyl (C=O) groups excluding carboxylic acids is 2. The first-order valence-corrected chi connectivity index (χ1v) is 12.6. The highest BCUT2D eigenvalue weighted by molar-refractivity contribution is 5.98. The predicted molar refractivity (Wildman–Crippen MR) is 136 cm³/mol. The highest BCUT2D eigenvalue weighted by Crippen LogP contribution is 2.33. The number of carbonyl (C=O) groups is 2. The van der Waals surface area contributed by atoms with Crippen LogP contribution in [0.25, 0.3) is 0 Å². The Morgan fingerprint density at radius 2 is 2.00 bits per heavy atom. The van der Waals surface area contributed by atoms with E-state index in [0.717, 1.165) is 29.0 Å². The minimum absolute atomic E-state index is 0.0592. The molecule has 0 spiro atoms. The Morgan fingerprint density at radius 1 is 1.22 bits per heavy atom. The highest BCUT2D eigenvalue weighted by Gasteiger charge is 2.35. The maximum atomic E-state index is 13.2. The predicted octanol–water partition coefficient (Wildman–Crippen LogP) is 2.18. The van der Waals surface area contributed by atoms with Crippen LogP contribution < -0.4 is 19.7 Å². The SMILES string of the molecule is COc1ccc2c(c1)CC(CNc1nc(N3CCN(C(C)=O)CC3)nc3c1CN(C(C)C)C3=O)CO2. The van der Waals surface area contributed by atoms with Crippen LogP contribution in [0.5, 0.6) is 11.5 Å². The zero-order valence-corrected chi connectivity index (χ0v) is 21.4. The molecule has 2 aromatic rings. The van der Waals surface area contributed by atoms with Crippen LogP contribution in [0.4, 0.5) is 11.8 Å². The molecule has 0 radical (unpaired) electrons. The lowest BCUT2D eigenvalue weighted by molar-refractivity contribution is -0.129. The lowest BCUT2D eigenvalue weighted by Crippen LogP contribution is -2.48. The van der Waals surface area contributed by atoms with Gasteiger partial charge in [0, 0.05) is 57.2 Å². The van der Waals surface area contributed by atoms with E-state index in [4.69, 9.17) is 19.4 Å². The van der Waals surface area contributed by atoms with E-state index in [1.165, 1.54) is 0 Å². The average Bonchev–Trinajstić information content (AvgIpc) is 3.23. The van der Waals surface area contributed by atoms with E-state index >= 15 is 0 Å². The molecule has 0 saturated carbocycles. The van der Waals surface area contributed by atoms with Crippen molar-refractivity contribution >= 4 is 23.6 Å². The van der Waals surface area contributed by atoms with Crippen LogP contribution >= 0.6 is 0 Å². The fourth-order valence-electron chi connectivity index (χ4n) is 5.04. The van der Waals surface area contributed by atoms with Gasteiger partial charge in [-0.1, -0.05) is 0 Å². The van der Waals surface area contributed by atoms with Crippen molar-refractivity contribution in [1.82, 2.24) is 19.8 Å². The number of hydrogen-bond donors (Lipinski definition) is 1. The molecule has 1 saturated heterocycles. The average molecular weight is 495 g/mol. The van der Waals surface area contributed by atoms with Crippen LogP contribution in [-0.2, 0) is 17.8 Å². The molecule has 1 N–H and O–H groups in total. The fourth-order valence-corrected chi connectivity index (χ4v) is 5.04. The second-order valence-corrected chi connectivity index (χ2v) is 9.95. The van der Waals surface area contributed by atoms with E-state index in [-0.39, 0.29) is 23.8 Å². The third-order valence-corrected chi connectivity index (χ3v) is 7.23. The molecule has 3 aliphatic rings. The molecule has 3 aliphatic heterocycles. The molecule has 192 valence electrons. The topological polar surface area (TPSA) is 100 Å². The maximum absolute atomic E-state index is 13.2. The second kappa shape index (κ2) is 9.83. The number of rotatable bonds is 6. The van der Waals surface area contributed by atoms with Gasteiger partial charge in [-0.2, -0.15) is 4.98 Å². The number of piperazine rings is 1. The zero-order valence-electron chi connectivity index (χ0n) is 21.4. The quantitative estimate of drug-likeness (QED) is 0.652. The Kier molecular flexibility index (Phi) is 6.59. The minimum Gasteiger partial charge on any atom is -0.497 e. The summed E-state index contributed by atoms with van der Waals surface area (Å²) in [5.74, 6) is 3.22. The Labute approximate surface area is 211 Å². The first-order valence-electron chi connectivity index (χ1n) is 12.6. The second-order valence-electron chi connectivity index (χ2n) is 9.95. The van der Waals surface area contributed by atoms with Crippen molar-refractivity contribution < 1.29 is 19.1 Å². The van der Waals surface area contributed by atoms with Gasteiger partial charge in [-0.05, 0) is 44.0 Å². The molecule has 1 aromatic heterocycles.